The molecule has 0 atom stereocenters. The smallest absolute Gasteiger partial charge is 0.233 e. The Hall–Kier alpha value is -3.25. The van der Waals surface area contributed by atoms with Gasteiger partial charge < -0.3 is 0 Å². The first-order valence-corrected chi connectivity index (χ1v) is 9.02. The fraction of sp³-hybridized carbons (Fsp3) is 0.0455. The standard InChI is InChI=1S/C22H13ClF3N3/c23-19-4-2-1-3-18(19)21-27-13-20(28-29-21)16-7-5-14(6-8-16)15-9-11-17(12-10-15)22(24,25)26/h1-13H. The Balaban J connectivity index is 1.56. The summed E-state index contributed by atoms with van der Waals surface area (Å²) >= 11 is 6.16. The maximum absolute atomic E-state index is 12.7. The second-order valence-corrected chi connectivity index (χ2v) is 6.71. The molecule has 1 heterocycles. The third kappa shape index (κ3) is 4.12. The Morgan fingerprint density at radius 3 is 1.83 bits per heavy atom. The SMILES string of the molecule is FC(F)(F)c1ccc(-c2ccc(-c3cnc(-c4ccccc4Cl)nn3)cc2)cc1. The highest BCUT2D eigenvalue weighted by atomic mass is 35.5. The third-order valence-electron chi connectivity index (χ3n) is 4.40. The fourth-order valence-electron chi connectivity index (χ4n) is 2.86. The predicted molar refractivity (Wildman–Crippen MR) is 106 cm³/mol. The molecule has 0 aliphatic carbocycles. The first kappa shape index (κ1) is 19.1. The van der Waals surface area contributed by atoms with Crippen molar-refractivity contribution < 1.29 is 13.2 Å². The summed E-state index contributed by atoms with van der Waals surface area (Å²) in [4.78, 5) is 4.33. The zero-order valence-electron chi connectivity index (χ0n) is 14.9. The Labute approximate surface area is 169 Å². The van der Waals surface area contributed by atoms with Crippen molar-refractivity contribution in [3.8, 4) is 33.8 Å². The number of benzene rings is 3. The molecule has 29 heavy (non-hydrogen) atoms. The monoisotopic (exact) mass is 411 g/mol. The second kappa shape index (κ2) is 7.64. The third-order valence-corrected chi connectivity index (χ3v) is 4.73. The summed E-state index contributed by atoms with van der Waals surface area (Å²) < 4.78 is 38.1. The summed E-state index contributed by atoms with van der Waals surface area (Å²) in [6.07, 6.45) is -2.73. The van der Waals surface area contributed by atoms with Gasteiger partial charge in [-0.05, 0) is 35.4 Å². The zero-order valence-corrected chi connectivity index (χ0v) is 15.6. The number of rotatable bonds is 3. The van der Waals surface area contributed by atoms with Gasteiger partial charge in [-0.2, -0.15) is 13.2 Å². The normalized spacial score (nSPS) is 11.4. The molecule has 144 valence electrons. The topological polar surface area (TPSA) is 38.7 Å². The van der Waals surface area contributed by atoms with Crippen molar-refractivity contribution in [2.75, 3.05) is 0 Å². The maximum Gasteiger partial charge on any atom is 0.416 e. The summed E-state index contributed by atoms with van der Waals surface area (Å²) in [5.41, 5.74) is 2.91. The van der Waals surface area contributed by atoms with Gasteiger partial charge in [0.25, 0.3) is 0 Å². The Morgan fingerprint density at radius 1 is 0.690 bits per heavy atom. The van der Waals surface area contributed by atoms with Crippen LogP contribution < -0.4 is 0 Å². The number of aromatic nitrogens is 3. The largest absolute Gasteiger partial charge is 0.416 e. The molecule has 0 saturated heterocycles. The number of hydrogen-bond donors (Lipinski definition) is 0. The second-order valence-electron chi connectivity index (χ2n) is 6.30. The van der Waals surface area contributed by atoms with Crippen molar-refractivity contribution >= 4 is 11.6 Å². The maximum atomic E-state index is 12.7. The average molecular weight is 412 g/mol. The van der Waals surface area contributed by atoms with E-state index in [0.717, 1.165) is 23.3 Å². The lowest BCUT2D eigenvalue weighted by Gasteiger charge is -2.08. The van der Waals surface area contributed by atoms with Crippen LogP contribution in [-0.2, 0) is 6.18 Å². The van der Waals surface area contributed by atoms with E-state index < -0.39 is 11.7 Å². The van der Waals surface area contributed by atoms with Gasteiger partial charge in [0.2, 0.25) is 0 Å². The van der Waals surface area contributed by atoms with Gasteiger partial charge in [-0.15, -0.1) is 10.2 Å². The van der Waals surface area contributed by atoms with Crippen molar-refractivity contribution in [3.63, 3.8) is 0 Å². The van der Waals surface area contributed by atoms with Gasteiger partial charge in [0.15, 0.2) is 5.82 Å². The van der Waals surface area contributed by atoms with Crippen molar-refractivity contribution in [2.24, 2.45) is 0 Å². The molecule has 0 fully saturated rings. The molecule has 0 aliphatic rings. The molecule has 3 aromatic carbocycles. The van der Waals surface area contributed by atoms with Crippen LogP contribution in [0.3, 0.4) is 0 Å². The molecule has 0 saturated carbocycles. The zero-order chi connectivity index (χ0) is 20.4. The van der Waals surface area contributed by atoms with Crippen LogP contribution in [0.1, 0.15) is 5.56 Å². The van der Waals surface area contributed by atoms with E-state index >= 15 is 0 Å². The minimum atomic E-state index is -4.34. The highest BCUT2D eigenvalue weighted by molar-refractivity contribution is 6.33. The molecule has 0 unspecified atom stereocenters. The molecule has 0 bridgehead atoms. The van der Waals surface area contributed by atoms with E-state index in [1.54, 1.807) is 12.3 Å². The molecule has 0 radical (unpaired) electrons. The van der Waals surface area contributed by atoms with Crippen LogP contribution in [0, 0.1) is 0 Å². The van der Waals surface area contributed by atoms with Gasteiger partial charge >= 0.3 is 6.18 Å². The summed E-state index contributed by atoms with van der Waals surface area (Å²) in [6.45, 7) is 0. The minimum absolute atomic E-state index is 0.431. The summed E-state index contributed by atoms with van der Waals surface area (Å²) in [5.74, 6) is 0.431. The molecular formula is C22H13ClF3N3. The van der Waals surface area contributed by atoms with E-state index in [1.807, 2.05) is 42.5 Å². The van der Waals surface area contributed by atoms with Gasteiger partial charge in [-0.1, -0.05) is 60.1 Å². The quantitative estimate of drug-likeness (QED) is 0.384. The first-order chi connectivity index (χ1) is 13.9. The first-order valence-electron chi connectivity index (χ1n) is 8.64. The van der Waals surface area contributed by atoms with Gasteiger partial charge in [0.1, 0.15) is 5.69 Å². The van der Waals surface area contributed by atoms with E-state index in [-0.39, 0.29) is 0 Å². The highest BCUT2D eigenvalue weighted by Gasteiger charge is 2.29. The van der Waals surface area contributed by atoms with Gasteiger partial charge in [-0.25, -0.2) is 4.98 Å². The van der Waals surface area contributed by atoms with Crippen LogP contribution in [0.2, 0.25) is 5.02 Å². The van der Waals surface area contributed by atoms with E-state index in [4.69, 9.17) is 11.6 Å². The van der Waals surface area contributed by atoms with Crippen LogP contribution in [0.5, 0.6) is 0 Å². The fourth-order valence-corrected chi connectivity index (χ4v) is 3.08. The lowest BCUT2D eigenvalue weighted by Crippen LogP contribution is -2.03. The van der Waals surface area contributed by atoms with E-state index in [9.17, 15) is 13.2 Å². The number of alkyl halides is 3. The lowest BCUT2D eigenvalue weighted by molar-refractivity contribution is -0.137. The van der Waals surface area contributed by atoms with Crippen molar-refractivity contribution in [2.45, 2.75) is 6.18 Å². The van der Waals surface area contributed by atoms with Crippen molar-refractivity contribution in [3.05, 3.63) is 89.6 Å². The van der Waals surface area contributed by atoms with Crippen molar-refractivity contribution in [1.29, 1.82) is 0 Å². The molecule has 4 rings (SSSR count). The molecule has 0 aliphatic heterocycles. The summed E-state index contributed by atoms with van der Waals surface area (Å²) in [5, 5.41) is 8.90. The number of nitrogens with zero attached hydrogens (tertiary/aromatic N) is 3. The van der Waals surface area contributed by atoms with E-state index in [0.29, 0.717) is 27.7 Å². The molecule has 4 aromatic rings. The van der Waals surface area contributed by atoms with Gasteiger partial charge in [0.05, 0.1) is 16.8 Å². The van der Waals surface area contributed by atoms with Gasteiger partial charge in [-0.3, -0.25) is 0 Å². The van der Waals surface area contributed by atoms with Crippen LogP contribution in [0.4, 0.5) is 13.2 Å². The predicted octanol–water partition coefficient (Wildman–Crippen LogP) is 6.54. The highest BCUT2D eigenvalue weighted by Crippen LogP contribution is 2.31. The summed E-state index contributed by atoms with van der Waals surface area (Å²) in [7, 11) is 0. The van der Waals surface area contributed by atoms with Gasteiger partial charge in [0, 0.05) is 11.1 Å². The average Bonchev–Trinajstić information content (AvgIpc) is 2.74. The van der Waals surface area contributed by atoms with Crippen LogP contribution in [-0.4, -0.2) is 15.2 Å². The van der Waals surface area contributed by atoms with E-state index in [1.165, 1.54) is 12.1 Å². The molecule has 7 heteroatoms. The molecule has 0 N–H and O–H groups in total. The lowest BCUT2D eigenvalue weighted by atomic mass is 10.0. The Morgan fingerprint density at radius 2 is 1.28 bits per heavy atom. The molecule has 1 aromatic heterocycles. The summed E-state index contributed by atoms with van der Waals surface area (Å²) in [6, 6.07) is 19.6. The Bertz CT molecular complexity index is 1120. The van der Waals surface area contributed by atoms with Crippen LogP contribution in [0.25, 0.3) is 33.8 Å². The van der Waals surface area contributed by atoms with Crippen molar-refractivity contribution in [1.82, 2.24) is 15.2 Å². The number of halogens is 4. The van der Waals surface area contributed by atoms with Crippen LogP contribution >= 0.6 is 11.6 Å². The molecule has 0 spiro atoms. The minimum Gasteiger partial charge on any atom is -0.233 e. The molecule has 3 nitrogen and oxygen atoms in total. The van der Waals surface area contributed by atoms with E-state index in [2.05, 4.69) is 15.2 Å². The Kier molecular flexibility index (Phi) is 5.03. The van der Waals surface area contributed by atoms with Crippen LogP contribution in [0.15, 0.2) is 79.0 Å². The number of hydrogen-bond acceptors (Lipinski definition) is 3. The molecule has 0 amide bonds. The molecular weight excluding hydrogens is 399 g/mol.